The lowest BCUT2D eigenvalue weighted by Crippen LogP contribution is -2.29. The fraction of sp³-hybridized carbons (Fsp3) is 0.556. The first kappa shape index (κ1) is 12.3. The molecule has 1 unspecified atom stereocenters. The summed E-state index contributed by atoms with van der Waals surface area (Å²) in [4.78, 5) is 0. The van der Waals surface area contributed by atoms with E-state index < -0.39 is 10.0 Å². The molecule has 0 bridgehead atoms. The first-order chi connectivity index (χ1) is 7.54. The van der Waals surface area contributed by atoms with Crippen LogP contribution in [0.1, 0.15) is 6.42 Å². The number of nitrogens with two attached hydrogens (primary N) is 1. The van der Waals surface area contributed by atoms with Gasteiger partial charge < -0.3 is 5.73 Å². The van der Waals surface area contributed by atoms with E-state index in [1.165, 1.54) is 4.31 Å². The summed E-state index contributed by atoms with van der Waals surface area (Å²) in [6.07, 6.45) is 0.842. The van der Waals surface area contributed by atoms with Crippen molar-refractivity contribution < 1.29 is 8.42 Å². The molecule has 2 rings (SSSR count). The summed E-state index contributed by atoms with van der Waals surface area (Å²) < 4.78 is 26.6. The van der Waals surface area contributed by atoms with Crippen LogP contribution in [0.2, 0.25) is 4.34 Å². The Morgan fingerprint density at radius 2 is 2.31 bits per heavy atom. The highest BCUT2D eigenvalue weighted by atomic mass is 35.5. The molecule has 4 nitrogen and oxygen atoms in total. The predicted octanol–water partition coefficient (Wildman–Crippen LogP) is 1.37. The monoisotopic (exact) mass is 280 g/mol. The molecule has 1 aromatic heterocycles. The van der Waals surface area contributed by atoms with Crippen LogP contribution in [0.4, 0.5) is 0 Å². The van der Waals surface area contributed by atoms with Gasteiger partial charge in [0.05, 0.1) is 4.34 Å². The zero-order valence-corrected chi connectivity index (χ0v) is 11.0. The van der Waals surface area contributed by atoms with E-state index in [1.54, 1.807) is 12.1 Å². The molecule has 0 saturated carbocycles. The van der Waals surface area contributed by atoms with Crippen molar-refractivity contribution in [3.63, 3.8) is 0 Å². The maximum atomic E-state index is 12.1. The van der Waals surface area contributed by atoms with E-state index in [1.807, 2.05) is 0 Å². The van der Waals surface area contributed by atoms with Crippen molar-refractivity contribution in [2.24, 2.45) is 11.7 Å². The van der Waals surface area contributed by atoms with Gasteiger partial charge in [-0.3, -0.25) is 0 Å². The third-order valence-electron chi connectivity index (χ3n) is 2.72. The second kappa shape index (κ2) is 4.62. The average molecular weight is 281 g/mol. The molecule has 1 aliphatic rings. The largest absolute Gasteiger partial charge is 0.330 e. The van der Waals surface area contributed by atoms with Crippen LogP contribution in [-0.2, 0) is 10.0 Å². The topological polar surface area (TPSA) is 63.4 Å². The molecule has 90 valence electrons. The molecule has 0 amide bonds. The second-order valence-electron chi connectivity index (χ2n) is 3.81. The van der Waals surface area contributed by atoms with Gasteiger partial charge in [-0.1, -0.05) is 11.6 Å². The van der Waals surface area contributed by atoms with E-state index >= 15 is 0 Å². The molecular formula is C9H13ClN2O2S2. The van der Waals surface area contributed by atoms with Gasteiger partial charge in [-0.2, -0.15) is 4.31 Å². The third kappa shape index (κ3) is 2.26. The Morgan fingerprint density at radius 1 is 1.56 bits per heavy atom. The first-order valence-corrected chi connectivity index (χ1v) is 7.63. The van der Waals surface area contributed by atoms with Gasteiger partial charge in [0.1, 0.15) is 4.21 Å². The molecule has 16 heavy (non-hydrogen) atoms. The Balaban J connectivity index is 2.21. The zero-order chi connectivity index (χ0) is 11.8. The highest BCUT2D eigenvalue weighted by Crippen LogP contribution is 2.30. The van der Waals surface area contributed by atoms with Crippen LogP contribution in [0.15, 0.2) is 16.3 Å². The van der Waals surface area contributed by atoms with E-state index in [2.05, 4.69) is 0 Å². The lowest BCUT2D eigenvalue weighted by atomic mass is 10.1. The number of rotatable bonds is 3. The Hall–Kier alpha value is -0.140. The minimum Gasteiger partial charge on any atom is -0.330 e. The summed E-state index contributed by atoms with van der Waals surface area (Å²) in [6.45, 7) is 1.62. The Bertz CT molecular complexity index is 472. The number of nitrogens with zero attached hydrogens (tertiary/aromatic N) is 1. The van der Waals surface area contributed by atoms with Crippen LogP contribution in [-0.4, -0.2) is 32.4 Å². The SMILES string of the molecule is NCC1CCN(S(=O)(=O)c2ccc(Cl)s2)C1. The van der Waals surface area contributed by atoms with Gasteiger partial charge in [0, 0.05) is 13.1 Å². The molecule has 0 spiro atoms. The van der Waals surface area contributed by atoms with Crippen molar-refractivity contribution >= 4 is 33.0 Å². The minimum absolute atomic E-state index is 0.283. The van der Waals surface area contributed by atoms with Crippen LogP contribution in [0.5, 0.6) is 0 Å². The lowest BCUT2D eigenvalue weighted by molar-refractivity contribution is 0.460. The fourth-order valence-corrected chi connectivity index (χ4v) is 4.94. The summed E-state index contributed by atoms with van der Waals surface area (Å²) in [6, 6.07) is 3.16. The van der Waals surface area contributed by atoms with Crippen molar-refractivity contribution in [3.8, 4) is 0 Å². The van der Waals surface area contributed by atoms with Crippen LogP contribution >= 0.6 is 22.9 Å². The van der Waals surface area contributed by atoms with Gasteiger partial charge in [-0.05, 0) is 31.0 Å². The average Bonchev–Trinajstić information content (AvgIpc) is 2.85. The van der Waals surface area contributed by atoms with Crippen molar-refractivity contribution in [2.75, 3.05) is 19.6 Å². The van der Waals surface area contributed by atoms with Crippen LogP contribution < -0.4 is 5.73 Å². The molecule has 1 atom stereocenters. The summed E-state index contributed by atoms with van der Waals surface area (Å²) in [5.41, 5.74) is 5.54. The maximum absolute atomic E-state index is 12.1. The van der Waals surface area contributed by atoms with Crippen molar-refractivity contribution in [3.05, 3.63) is 16.5 Å². The van der Waals surface area contributed by atoms with Crippen LogP contribution in [0, 0.1) is 5.92 Å². The third-order valence-corrected chi connectivity index (χ3v) is 6.29. The standard InChI is InChI=1S/C9H13ClN2O2S2/c10-8-1-2-9(15-8)16(13,14)12-4-3-7(5-11)6-12/h1-2,7H,3-6,11H2. The molecule has 7 heteroatoms. The van der Waals surface area contributed by atoms with Crippen molar-refractivity contribution in [1.82, 2.24) is 4.31 Å². The van der Waals surface area contributed by atoms with Gasteiger partial charge in [0.15, 0.2) is 0 Å². The van der Waals surface area contributed by atoms with Gasteiger partial charge >= 0.3 is 0 Å². The highest BCUT2D eigenvalue weighted by molar-refractivity contribution is 7.91. The highest BCUT2D eigenvalue weighted by Gasteiger charge is 2.32. The molecule has 1 fully saturated rings. The Kier molecular flexibility index (Phi) is 3.56. The zero-order valence-electron chi connectivity index (χ0n) is 8.60. The second-order valence-corrected chi connectivity index (χ2v) is 7.69. The lowest BCUT2D eigenvalue weighted by Gasteiger charge is -2.14. The van der Waals surface area contributed by atoms with E-state index in [0.29, 0.717) is 28.2 Å². The Labute approximate surface area is 104 Å². The number of halogens is 1. The fourth-order valence-electron chi connectivity index (χ4n) is 1.77. The molecule has 2 heterocycles. The van der Waals surface area contributed by atoms with Crippen molar-refractivity contribution in [2.45, 2.75) is 10.6 Å². The summed E-state index contributed by atoms with van der Waals surface area (Å²) >= 11 is 6.84. The van der Waals surface area contributed by atoms with Gasteiger partial charge in [0.25, 0.3) is 10.0 Å². The molecular weight excluding hydrogens is 268 g/mol. The molecule has 1 aromatic rings. The van der Waals surface area contributed by atoms with Gasteiger partial charge in [-0.25, -0.2) is 8.42 Å². The molecule has 1 saturated heterocycles. The van der Waals surface area contributed by atoms with Crippen molar-refractivity contribution in [1.29, 1.82) is 0 Å². The number of thiophene rings is 1. The summed E-state index contributed by atoms with van der Waals surface area (Å²) in [7, 11) is -3.35. The summed E-state index contributed by atoms with van der Waals surface area (Å²) in [5, 5.41) is 0. The smallest absolute Gasteiger partial charge is 0.252 e. The normalized spacial score (nSPS) is 22.8. The number of hydrogen-bond donors (Lipinski definition) is 1. The summed E-state index contributed by atoms with van der Waals surface area (Å²) in [5.74, 6) is 0.283. The van der Waals surface area contributed by atoms with E-state index in [-0.39, 0.29) is 5.92 Å². The van der Waals surface area contributed by atoms with Crippen LogP contribution in [0.3, 0.4) is 0 Å². The molecule has 0 aliphatic carbocycles. The number of sulfonamides is 1. The molecule has 0 radical (unpaired) electrons. The quantitative estimate of drug-likeness (QED) is 0.910. The Morgan fingerprint density at radius 3 is 2.81 bits per heavy atom. The first-order valence-electron chi connectivity index (χ1n) is 4.99. The predicted molar refractivity (Wildman–Crippen MR) is 65.2 cm³/mol. The van der Waals surface area contributed by atoms with E-state index in [0.717, 1.165) is 17.8 Å². The molecule has 1 aliphatic heterocycles. The molecule has 2 N–H and O–H groups in total. The maximum Gasteiger partial charge on any atom is 0.252 e. The number of hydrogen-bond acceptors (Lipinski definition) is 4. The van der Waals surface area contributed by atoms with Gasteiger partial charge in [0.2, 0.25) is 0 Å². The van der Waals surface area contributed by atoms with E-state index in [9.17, 15) is 8.42 Å². The molecule has 0 aromatic carbocycles. The minimum atomic E-state index is -3.35. The van der Waals surface area contributed by atoms with E-state index in [4.69, 9.17) is 17.3 Å². The van der Waals surface area contributed by atoms with Gasteiger partial charge in [-0.15, -0.1) is 11.3 Å². The van der Waals surface area contributed by atoms with Crippen LogP contribution in [0.25, 0.3) is 0 Å².